The molecule has 1 aromatic carbocycles. The fraction of sp³-hybridized carbons (Fsp3) is 0.364. The van der Waals surface area contributed by atoms with Gasteiger partial charge < -0.3 is 15.8 Å². The minimum Gasteiger partial charge on any atom is -0.456 e. The number of hydrogen-bond acceptors (Lipinski definition) is 8. The minimum atomic E-state index is -0.540. The van der Waals surface area contributed by atoms with Crippen LogP contribution in [-0.2, 0) is 27.2 Å². The number of fused-ring (bicyclic) bond motifs is 2. The third-order valence-electron chi connectivity index (χ3n) is 5.06. The Morgan fingerprint density at radius 1 is 1.16 bits per heavy atom. The highest BCUT2D eigenvalue weighted by molar-refractivity contribution is 8.01. The van der Waals surface area contributed by atoms with Crippen LogP contribution in [0.1, 0.15) is 46.5 Å². The van der Waals surface area contributed by atoms with Crippen LogP contribution in [-0.4, -0.2) is 35.1 Å². The van der Waals surface area contributed by atoms with E-state index in [0.717, 1.165) is 56.4 Å². The number of primary amides is 1. The Bertz CT molecular complexity index is 1120. The quantitative estimate of drug-likeness (QED) is 0.262. The van der Waals surface area contributed by atoms with Crippen molar-refractivity contribution in [3.05, 3.63) is 40.3 Å². The van der Waals surface area contributed by atoms with Gasteiger partial charge in [0.05, 0.1) is 15.8 Å². The molecule has 2 heterocycles. The molecule has 1 aliphatic carbocycles. The predicted octanol–water partition coefficient (Wildman–Crippen LogP) is 4.39. The number of aromatic nitrogens is 1. The van der Waals surface area contributed by atoms with E-state index in [9.17, 15) is 14.4 Å². The summed E-state index contributed by atoms with van der Waals surface area (Å²) in [7, 11) is 0. The average molecular weight is 490 g/mol. The monoisotopic (exact) mass is 489 g/mol. The number of amides is 2. The lowest BCUT2D eigenvalue weighted by atomic mass is 9.95. The summed E-state index contributed by atoms with van der Waals surface area (Å²) in [6.07, 6.45) is 4.61. The van der Waals surface area contributed by atoms with Crippen molar-refractivity contribution in [2.45, 2.75) is 42.9 Å². The van der Waals surface area contributed by atoms with E-state index in [-0.39, 0.29) is 13.0 Å². The molecule has 7 nitrogen and oxygen atoms in total. The third-order valence-corrected chi connectivity index (χ3v) is 8.53. The summed E-state index contributed by atoms with van der Waals surface area (Å²) < 4.78 is 7.21. The van der Waals surface area contributed by atoms with Crippen molar-refractivity contribution in [1.82, 2.24) is 4.98 Å². The predicted molar refractivity (Wildman–Crippen MR) is 129 cm³/mol. The zero-order valence-electron chi connectivity index (χ0n) is 17.3. The lowest BCUT2D eigenvalue weighted by Crippen LogP contribution is -2.22. The second kappa shape index (κ2) is 10.5. The van der Waals surface area contributed by atoms with Gasteiger partial charge in [-0.3, -0.25) is 14.4 Å². The summed E-state index contributed by atoms with van der Waals surface area (Å²) >= 11 is 4.63. The van der Waals surface area contributed by atoms with Gasteiger partial charge in [0.2, 0.25) is 0 Å². The number of carbonyl (C=O) groups is 3. The van der Waals surface area contributed by atoms with E-state index in [4.69, 9.17) is 10.5 Å². The molecule has 10 heteroatoms. The van der Waals surface area contributed by atoms with Gasteiger partial charge in [-0.1, -0.05) is 23.9 Å². The van der Waals surface area contributed by atoms with Gasteiger partial charge in [-0.15, -0.1) is 22.7 Å². The van der Waals surface area contributed by atoms with E-state index in [0.29, 0.717) is 17.0 Å². The standard InChI is InChI=1S/C22H23N3O4S3/c23-20(28)19-13-6-1-3-8-15(13)31-21(19)25-17(26)12-29-18(27)10-5-11-30-22-24-14-7-2-4-9-16(14)32-22/h2,4,7,9H,1,3,5-6,8,10-12H2,(H2,23,28)(H,25,26). The first-order valence-electron chi connectivity index (χ1n) is 10.4. The third kappa shape index (κ3) is 5.48. The number of esters is 1. The zero-order chi connectivity index (χ0) is 22.5. The number of thioether (sulfide) groups is 1. The van der Waals surface area contributed by atoms with Crippen molar-refractivity contribution in [1.29, 1.82) is 0 Å². The lowest BCUT2D eigenvalue weighted by molar-refractivity contribution is -0.147. The van der Waals surface area contributed by atoms with Gasteiger partial charge in [0.25, 0.3) is 11.8 Å². The Balaban J connectivity index is 1.20. The Morgan fingerprint density at radius 2 is 1.97 bits per heavy atom. The molecule has 0 spiro atoms. The number of anilines is 1. The van der Waals surface area contributed by atoms with E-state index < -0.39 is 17.8 Å². The largest absolute Gasteiger partial charge is 0.456 e. The molecule has 0 saturated heterocycles. The Kier molecular flexibility index (Phi) is 7.44. The lowest BCUT2D eigenvalue weighted by Gasteiger charge is -2.11. The topological polar surface area (TPSA) is 111 Å². The second-order valence-electron chi connectivity index (χ2n) is 7.39. The molecular formula is C22H23N3O4S3. The van der Waals surface area contributed by atoms with Crippen LogP contribution in [0.5, 0.6) is 0 Å². The van der Waals surface area contributed by atoms with Crippen LogP contribution in [0, 0.1) is 0 Å². The van der Waals surface area contributed by atoms with E-state index in [1.165, 1.54) is 11.3 Å². The van der Waals surface area contributed by atoms with Gasteiger partial charge in [-0.25, -0.2) is 4.98 Å². The number of para-hydroxylation sites is 1. The molecule has 1 aliphatic rings. The van der Waals surface area contributed by atoms with Crippen molar-refractivity contribution < 1.29 is 19.1 Å². The van der Waals surface area contributed by atoms with E-state index >= 15 is 0 Å². The van der Waals surface area contributed by atoms with Gasteiger partial charge in [-0.2, -0.15) is 0 Å². The molecular weight excluding hydrogens is 466 g/mol. The fourth-order valence-corrected chi connectivity index (χ4v) is 6.97. The van der Waals surface area contributed by atoms with Crippen molar-refractivity contribution in [3.8, 4) is 0 Å². The van der Waals surface area contributed by atoms with Crippen LogP contribution < -0.4 is 11.1 Å². The van der Waals surface area contributed by atoms with Crippen molar-refractivity contribution in [3.63, 3.8) is 0 Å². The van der Waals surface area contributed by atoms with Gasteiger partial charge >= 0.3 is 5.97 Å². The second-order valence-corrected chi connectivity index (χ2v) is 10.9. The van der Waals surface area contributed by atoms with Crippen molar-refractivity contribution in [2.75, 3.05) is 17.7 Å². The number of ether oxygens (including phenoxy) is 1. The summed E-state index contributed by atoms with van der Waals surface area (Å²) in [5.41, 5.74) is 7.87. The number of thiazole rings is 1. The van der Waals surface area contributed by atoms with Crippen LogP contribution in [0.25, 0.3) is 10.2 Å². The van der Waals surface area contributed by atoms with E-state index in [1.54, 1.807) is 23.1 Å². The zero-order valence-corrected chi connectivity index (χ0v) is 19.8. The number of thiophene rings is 1. The molecule has 3 aromatic rings. The van der Waals surface area contributed by atoms with Gasteiger partial charge in [0.15, 0.2) is 10.9 Å². The highest BCUT2D eigenvalue weighted by Crippen LogP contribution is 2.37. The first-order valence-corrected chi connectivity index (χ1v) is 13.0. The van der Waals surface area contributed by atoms with Crippen LogP contribution in [0.15, 0.2) is 28.6 Å². The molecule has 3 N–H and O–H groups in total. The van der Waals surface area contributed by atoms with Crippen LogP contribution in [0.2, 0.25) is 0 Å². The number of nitrogens with one attached hydrogen (secondary N) is 1. The molecule has 0 saturated carbocycles. The Labute approximate surface area is 197 Å². The molecule has 2 aromatic heterocycles. The van der Waals surface area contributed by atoms with Gasteiger partial charge in [0.1, 0.15) is 5.00 Å². The molecule has 0 bridgehead atoms. The number of nitrogens with zero attached hydrogens (tertiary/aromatic N) is 1. The number of benzene rings is 1. The van der Waals surface area contributed by atoms with Crippen molar-refractivity contribution in [2.24, 2.45) is 5.73 Å². The molecule has 32 heavy (non-hydrogen) atoms. The summed E-state index contributed by atoms with van der Waals surface area (Å²) in [5, 5.41) is 3.15. The smallest absolute Gasteiger partial charge is 0.306 e. The maximum atomic E-state index is 12.3. The molecule has 2 amide bonds. The molecule has 0 fully saturated rings. The fourth-order valence-electron chi connectivity index (χ4n) is 3.58. The average Bonchev–Trinajstić information content (AvgIpc) is 3.35. The summed E-state index contributed by atoms with van der Waals surface area (Å²) in [4.78, 5) is 41.8. The van der Waals surface area contributed by atoms with Crippen LogP contribution in [0.3, 0.4) is 0 Å². The first-order chi connectivity index (χ1) is 15.5. The summed E-state index contributed by atoms with van der Waals surface area (Å²) in [6, 6.07) is 7.97. The molecule has 0 unspecified atom stereocenters. The SMILES string of the molecule is NC(=O)c1c(NC(=O)COC(=O)CCCSc2nc3ccccc3s2)sc2c1CCCC2. The maximum absolute atomic E-state index is 12.3. The first kappa shape index (κ1) is 22.8. The number of nitrogens with two attached hydrogens (primary N) is 1. The number of aryl methyl sites for hydroxylation is 1. The molecule has 4 rings (SSSR count). The summed E-state index contributed by atoms with van der Waals surface area (Å²) in [5.74, 6) is -0.694. The van der Waals surface area contributed by atoms with Gasteiger partial charge in [0, 0.05) is 17.1 Å². The number of hydrogen-bond donors (Lipinski definition) is 2. The Morgan fingerprint density at radius 3 is 2.78 bits per heavy atom. The van der Waals surface area contributed by atoms with Crippen LogP contribution >= 0.6 is 34.4 Å². The Hall–Kier alpha value is -2.43. The molecule has 0 aliphatic heterocycles. The normalized spacial score (nSPS) is 13.0. The summed E-state index contributed by atoms with van der Waals surface area (Å²) in [6.45, 7) is -0.384. The number of carbonyl (C=O) groups excluding carboxylic acids is 3. The van der Waals surface area contributed by atoms with Crippen LogP contribution in [0.4, 0.5) is 5.00 Å². The molecule has 0 atom stereocenters. The highest BCUT2D eigenvalue weighted by atomic mass is 32.2. The number of rotatable bonds is 9. The van der Waals surface area contributed by atoms with Crippen molar-refractivity contribution >= 4 is 67.4 Å². The minimum absolute atomic E-state index is 0.227. The molecule has 168 valence electrons. The maximum Gasteiger partial charge on any atom is 0.306 e. The molecule has 0 radical (unpaired) electrons. The highest BCUT2D eigenvalue weighted by Gasteiger charge is 2.25. The van der Waals surface area contributed by atoms with E-state index in [2.05, 4.69) is 10.3 Å². The van der Waals surface area contributed by atoms with Gasteiger partial charge in [-0.05, 0) is 49.8 Å². The van der Waals surface area contributed by atoms with E-state index in [1.807, 2.05) is 24.3 Å².